The molecule has 3 rings (SSSR count). The van der Waals surface area contributed by atoms with E-state index in [0.717, 1.165) is 22.0 Å². The van der Waals surface area contributed by atoms with Gasteiger partial charge in [0.15, 0.2) is 0 Å². The molecule has 0 spiro atoms. The molecule has 0 aliphatic heterocycles. The van der Waals surface area contributed by atoms with Crippen molar-refractivity contribution in [1.82, 2.24) is 0 Å². The van der Waals surface area contributed by atoms with Gasteiger partial charge in [0.1, 0.15) is 18.0 Å². The number of carbonyl (C=O) groups is 1. The first kappa shape index (κ1) is 25.9. The molecule has 0 saturated carbocycles. The monoisotopic (exact) mass is 508 g/mol. The summed E-state index contributed by atoms with van der Waals surface area (Å²) in [6.45, 7) is 3.22. The number of aryl methyl sites for hydroxylation is 1. The van der Waals surface area contributed by atoms with E-state index in [2.05, 4.69) is 10.1 Å². The second-order valence-corrected chi connectivity index (χ2v) is 9.21. The average molecular weight is 509 g/mol. The zero-order valence-electron chi connectivity index (χ0n) is 18.9. The lowest BCUT2D eigenvalue weighted by atomic mass is 10.2. The van der Waals surface area contributed by atoms with Gasteiger partial charge in [0.25, 0.3) is 10.0 Å². The summed E-state index contributed by atoms with van der Waals surface area (Å²) in [7, 11) is -4.18. The number of amides is 1. The van der Waals surface area contributed by atoms with Gasteiger partial charge in [-0.15, -0.1) is 13.2 Å². The Kier molecular flexibility index (Phi) is 7.90. The van der Waals surface area contributed by atoms with Crippen molar-refractivity contribution in [2.24, 2.45) is 0 Å². The number of sulfonamides is 1. The molecular weight excluding hydrogens is 485 g/mol. The van der Waals surface area contributed by atoms with Crippen LogP contribution < -0.4 is 19.1 Å². The molecular formula is C24H23F3N2O5S. The number of rotatable bonds is 9. The molecule has 1 amide bonds. The van der Waals surface area contributed by atoms with Crippen LogP contribution in [0.5, 0.6) is 11.5 Å². The van der Waals surface area contributed by atoms with Crippen LogP contribution in [0.4, 0.5) is 24.5 Å². The summed E-state index contributed by atoms with van der Waals surface area (Å²) in [5, 5.41) is 2.49. The third kappa shape index (κ3) is 6.89. The highest BCUT2D eigenvalue weighted by molar-refractivity contribution is 7.92. The Bertz CT molecular complexity index is 1260. The van der Waals surface area contributed by atoms with Gasteiger partial charge in [-0.25, -0.2) is 8.42 Å². The normalized spacial score (nSPS) is 11.6. The molecule has 0 aromatic heterocycles. The molecule has 0 aliphatic carbocycles. The summed E-state index contributed by atoms with van der Waals surface area (Å²) in [6.07, 6.45) is -4.84. The van der Waals surface area contributed by atoms with E-state index in [4.69, 9.17) is 4.74 Å². The first-order valence-corrected chi connectivity index (χ1v) is 11.9. The van der Waals surface area contributed by atoms with E-state index in [9.17, 15) is 26.4 Å². The Morgan fingerprint density at radius 3 is 2.20 bits per heavy atom. The molecule has 1 N–H and O–H groups in total. The van der Waals surface area contributed by atoms with Crippen molar-refractivity contribution < 1.29 is 35.9 Å². The predicted molar refractivity (Wildman–Crippen MR) is 125 cm³/mol. The van der Waals surface area contributed by atoms with E-state index in [1.54, 1.807) is 37.3 Å². The van der Waals surface area contributed by atoms with Crippen LogP contribution in [0.25, 0.3) is 0 Å². The highest BCUT2D eigenvalue weighted by Crippen LogP contribution is 2.33. The summed E-state index contributed by atoms with van der Waals surface area (Å²) >= 11 is 0. The Morgan fingerprint density at radius 1 is 0.971 bits per heavy atom. The Morgan fingerprint density at radius 2 is 1.60 bits per heavy atom. The molecule has 3 aromatic carbocycles. The van der Waals surface area contributed by atoms with Crippen LogP contribution in [-0.2, 0) is 14.8 Å². The van der Waals surface area contributed by atoms with Gasteiger partial charge < -0.3 is 14.8 Å². The average Bonchev–Trinajstić information content (AvgIpc) is 2.79. The smallest absolute Gasteiger partial charge is 0.492 e. The van der Waals surface area contributed by atoms with E-state index >= 15 is 0 Å². The molecule has 7 nitrogen and oxygen atoms in total. The fourth-order valence-corrected chi connectivity index (χ4v) is 4.58. The first-order valence-electron chi connectivity index (χ1n) is 10.5. The Labute approximate surface area is 201 Å². The number of benzene rings is 3. The van der Waals surface area contributed by atoms with Crippen LogP contribution in [0.1, 0.15) is 12.5 Å². The van der Waals surface area contributed by atoms with Crippen molar-refractivity contribution in [2.75, 3.05) is 22.8 Å². The van der Waals surface area contributed by atoms with E-state index in [1.165, 1.54) is 30.3 Å². The topological polar surface area (TPSA) is 84.9 Å². The summed E-state index contributed by atoms with van der Waals surface area (Å²) in [4.78, 5) is 12.8. The molecule has 0 fully saturated rings. The second kappa shape index (κ2) is 10.7. The van der Waals surface area contributed by atoms with Crippen molar-refractivity contribution in [3.05, 3.63) is 78.4 Å². The number of anilines is 2. The molecule has 0 aliphatic rings. The van der Waals surface area contributed by atoms with Gasteiger partial charge in [0, 0.05) is 5.69 Å². The quantitative estimate of drug-likeness (QED) is 0.433. The standard InChI is InChI=1S/C24H23F3N2O5S/c1-3-33-22-7-5-4-6-21(22)29(35(31,32)20-14-8-17(2)9-15-20)16-23(30)28-18-10-12-19(13-11-18)34-24(25,26)27/h4-15H,3,16H2,1-2H3,(H,28,30). The molecule has 0 atom stereocenters. The fourth-order valence-electron chi connectivity index (χ4n) is 3.15. The molecule has 0 bridgehead atoms. The predicted octanol–water partition coefficient (Wildman–Crippen LogP) is 5.13. The fraction of sp³-hybridized carbons (Fsp3) is 0.208. The third-order valence-electron chi connectivity index (χ3n) is 4.70. The highest BCUT2D eigenvalue weighted by Gasteiger charge is 2.31. The van der Waals surface area contributed by atoms with E-state index in [0.29, 0.717) is 0 Å². The largest absolute Gasteiger partial charge is 0.573 e. The number of nitrogens with one attached hydrogen (secondary N) is 1. The van der Waals surface area contributed by atoms with Crippen molar-refractivity contribution in [1.29, 1.82) is 0 Å². The minimum absolute atomic E-state index is 0.0177. The van der Waals surface area contributed by atoms with Gasteiger partial charge in [-0.2, -0.15) is 0 Å². The lowest BCUT2D eigenvalue weighted by molar-refractivity contribution is -0.274. The SMILES string of the molecule is CCOc1ccccc1N(CC(=O)Nc1ccc(OC(F)(F)F)cc1)S(=O)(=O)c1ccc(C)cc1. The van der Waals surface area contributed by atoms with Crippen LogP contribution in [0.2, 0.25) is 0 Å². The third-order valence-corrected chi connectivity index (χ3v) is 6.48. The summed E-state index contributed by atoms with van der Waals surface area (Å²) < 4.78 is 74.4. The maximum atomic E-state index is 13.5. The zero-order valence-corrected chi connectivity index (χ0v) is 19.7. The van der Waals surface area contributed by atoms with Crippen LogP contribution >= 0.6 is 0 Å². The lowest BCUT2D eigenvalue weighted by Crippen LogP contribution is -2.38. The molecule has 11 heteroatoms. The minimum atomic E-state index is -4.84. The number of carbonyl (C=O) groups excluding carboxylic acids is 1. The summed E-state index contributed by atoms with van der Waals surface area (Å²) in [6, 6.07) is 17.1. The number of hydrogen-bond acceptors (Lipinski definition) is 5. The Balaban J connectivity index is 1.90. The van der Waals surface area contributed by atoms with Gasteiger partial charge in [-0.05, 0) is 62.4 Å². The molecule has 0 radical (unpaired) electrons. The summed E-state index contributed by atoms with van der Waals surface area (Å²) in [5.74, 6) is -0.895. The maximum Gasteiger partial charge on any atom is 0.573 e. The molecule has 3 aromatic rings. The van der Waals surface area contributed by atoms with Crippen molar-refractivity contribution in [3.8, 4) is 11.5 Å². The second-order valence-electron chi connectivity index (χ2n) is 7.35. The van der Waals surface area contributed by atoms with Gasteiger partial charge in [-0.1, -0.05) is 29.8 Å². The van der Waals surface area contributed by atoms with Crippen LogP contribution in [0, 0.1) is 6.92 Å². The van der Waals surface area contributed by atoms with Crippen LogP contribution in [0.15, 0.2) is 77.7 Å². The maximum absolute atomic E-state index is 13.5. The van der Waals surface area contributed by atoms with E-state index in [1.807, 2.05) is 6.92 Å². The number of hydrogen-bond donors (Lipinski definition) is 1. The van der Waals surface area contributed by atoms with Crippen LogP contribution in [0.3, 0.4) is 0 Å². The van der Waals surface area contributed by atoms with Crippen molar-refractivity contribution in [3.63, 3.8) is 0 Å². The first-order chi connectivity index (χ1) is 16.5. The molecule has 0 saturated heterocycles. The van der Waals surface area contributed by atoms with Crippen molar-refractivity contribution in [2.45, 2.75) is 25.1 Å². The number of alkyl halides is 3. The number of ether oxygens (including phenoxy) is 2. The van der Waals surface area contributed by atoms with Gasteiger partial charge >= 0.3 is 6.36 Å². The van der Waals surface area contributed by atoms with Gasteiger partial charge in [0.05, 0.1) is 17.2 Å². The Hall–Kier alpha value is -3.73. The van der Waals surface area contributed by atoms with Crippen molar-refractivity contribution >= 4 is 27.3 Å². The van der Waals surface area contributed by atoms with Gasteiger partial charge in [0.2, 0.25) is 5.91 Å². The minimum Gasteiger partial charge on any atom is -0.492 e. The number of para-hydroxylation sites is 2. The number of halogens is 3. The molecule has 35 heavy (non-hydrogen) atoms. The van der Waals surface area contributed by atoms with Gasteiger partial charge in [-0.3, -0.25) is 9.10 Å². The summed E-state index contributed by atoms with van der Waals surface area (Å²) in [5.41, 5.74) is 1.19. The molecule has 0 unspecified atom stereocenters. The van der Waals surface area contributed by atoms with E-state index in [-0.39, 0.29) is 28.6 Å². The molecule has 186 valence electrons. The highest BCUT2D eigenvalue weighted by atomic mass is 32.2. The lowest BCUT2D eigenvalue weighted by Gasteiger charge is -2.26. The number of nitrogens with zero attached hydrogens (tertiary/aromatic N) is 1. The van der Waals surface area contributed by atoms with Crippen LogP contribution in [-0.4, -0.2) is 33.8 Å². The molecule has 0 heterocycles. The van der Waals surface area contributed by atoms with E-state index < -0.39 is 34.6 Å². The zero-order chi connectivity index (χ0) is 25.6.